The Morgan fingerprint density at radius 3 is 2.35 bits per heavy atom. The predicted molar refractivity (Wildman–Crippen MR) is 99.4 cm³/mol. The Labute approximate surface area is 156 Å². The molecule has 1 saturated heterocycles. The molecule has 0 bridgehead atoms. The van der Waals surface area contributed by atoms with Crippen molar-refractivity contribution in [3.8, 4) is 0 Å². The summed E-state index contributed by atoms with van der Waals surface area (Å²) in [6, 6.07) is 7.16. The maximum Gasteiger partial charge on any atom is 0.257 e. The SMILES string of the molecule is C[C@@H](NC(=O)c1c(F)cccc1F)[C@@H](c1cccs1)N1CCN(C)CC1. The topological polar surface area (TPSA) is 35.6 Å². The molecular formula is C19H23F2N3OS. The highest BCUT2D eigenvalue weighted by Crippen LogP contribution is 2.29. The molecule has 1 fully saturated rings. The van der Waals surface area contributed by atoms with Crippen molar-refractivity contribution in [2.45, 2.75) is 19.0 Å². The lowest BCUT2D eigenvalue weighted by Gasteiger charge is -2.40. The van der Waals surface area contributed by atoms with Crippen molar-refractivity contribution in [2.24, 2.45) is 0 Å². The first kappa shape index (κ1) is 18.9. The number of hydrogen-bond acceptors (Lipinski definition) is 4. The van der Waals surface area contributed by atoms with Gasteiger partial charge >= 0.3 is 0 Å². The maximum atomic E-state index is 13.9. The number of thiophene rings is 1. The van der Waals surface area contributed by atoms with Gasteiger partial charge in [-0.2, -0.15) is 0 Å². The molecule has 1 aliphatic heterocycles. The molecule has 2 heterocycles. The van der Waals surface area contributed by atoms with Crippen LogP contribution in [0.2, 0.25) is 0 Å². The van der Waals surface area contributed by atoms with Gasteiger partial charge in [0, 0.05) is 37.1 Å². The molecule has 1 aromatic carbocycles. The van der Waals surface area contributed by atoms with Crippen LogP contribution in [0, 0.1) is 11.6 Å². The first-order valence-corrected chi connectivity index (χ1v) is 9.56. The molecule has 3 rings (SSSR count). The van der Waals surface area contributed by atoms with E-state index in [9.17, 15) is 13.6 Å². The lowest BCUT2D eigenvalue weighted by Crippen LogP contribution is -2.51. The molecule has 0 aliphatic carbocycles. The number of carbonyl (C=O) groups is 1. The van der Waals surface area contributed by atoms with Crippen LogP contribution in [0.3, 0.4) is 0 Å². The van der Waals surface area contributed by atoms with E-state index in [4.69, 9.17) is 0 Å². The molecule has 1 amide bonds. The highest BCUT2D eigenvalue weighted by Gasteiger charge is 2.31. The minimum atomic E-state index is -0.845. The number of rotatable bonds is 5. The van der Waals surface area contributed by atoms with E-state index in [1.807, 2.05) is 24.4 Å². The largest absolute Gasteiger partial charge is 0.347 e. The van der Waals surface area contributed by atoms with Crippen LogP contribution in [-0.4, -0.2) is 55.0 Å². The van der Waals surface area contributed by atoms with E-state index in [1.165, 1.54) is 6.07 Å². The summed E-state index contributed by atoms with van der Waals surface area (Å²) in [5.41, 5.74) is -0.525. The smallest absolute Gasteiger partial charge is 0.257 e. The van der Waals surface area contributed by atoms with Crippen molar-refractivity contribution in [3.63, 3.8) is 0 Å². The summed E-state index contributed by atoms with van der Waals surface area (Å²) < 4.78 is 27.8. The number of hydrogen-bond donors (Lipinski definition) is 1. The highest BCUT2D eigenvalue weighted by atomic mass is 32.1. The molecule has 0 spiro atoms. The molecule has 4 nitrogen and oxygen atoms in total. The van der Waals surface area contributed by atoms with Gasteiger partial charge in [0.25, 0.3) is 5.91 Å². The molecule has 1 aliphatic rings. The summed E-state index contributed by atoms with van der Waals surface area (Å²) >= 11 is 1.63. The van der Waals surface area contributed by atoms with Crippen molar-refractivity contribution in [1.29, 1.82) is 0 Å². The fourth-order valence-electron chi connectivity index (χ4n) is 3.37. The minimum Gasteiger partial charge on any atom is -0.347 e. The summed E-state index contributed by atoms with van der Waals surface area (Å²) in [4.78, 5) is 18.2. The van der Waals surface area contributed by atoms with E-state index < -0.39 is 23.1 Å². The highest BCUT2D eigenvalue weighted by molar-refractivity contribution is 7.10. The molecule has 1 aromatic heterocycles. The molecule has 0 unspecified atom stereocenters. The average molecular weight is 379 g/mol. The number of carbonyl (C=O) groups excluding carboxylic acids is 1. The molecule has 140 valence electrons. The van der Waals surface area contributed by atoms with Crippen LogP contribution in [0.25, 0.3) is 0 Å². The van der Waals surface area contributed by atoms with Crippen LogP contribution in [0.4, 0.5) is 8.78 Å². The Morgan fingerprint density at radius 1 is 1.12 bits per heavy atom. The lowest BCUT2D eigenvalue weighted by atomic mass is 10.0. The van der Waals surface area contributed by atoms with E-state index in [0.29, 0.717) is 0 Å². The van der Waals surface area contributed by atoms with Crippen LogP contribution >= 0.6 is 11.3 Å². The van der Waals surface area contributed by atoms with Gasteiger partial charge in [-0.3, -0.25) is 9.69 Å². The summed E-state index contributed by atoms with van der Waals surface area (Å²) in [7, 11) is 2.09. The first-order chi connectivity index (χ1) is 12.5. The van der Waals surface area contributed by atoms with Gasteiger partial charge < -0.3 is 10.2 Å². The van der Waals surface area contributed by atoms with Gasteiger partial charge in [0.1, 0.15) is 17.2 Å². The Balaban J connectivity index is 1.79. The van der Waals surface area contributed by atoms with Gasteiger partial charge in [0.2, 0.25) is 0 Å². The second-order valence-corrected chi connectivity index (χ2v) is 7.64. The van der Waals surface area contributed by atoms with Gasteiger partial charge in [0.15, 0.2) is 0 Å². The van der Waals surface area contributed by atoms with Crippen LogP contribution in [0.1, 0.15) is 28.2 Å². The third-order valence-electron chi connectivity index (χ3n) is 4.79. The zero-order valence-corrected chi connectivity index (χ0v) is 15.7. The number of likely N-dealkylation sites (N-methyl/N-ethyl adjacent to an activating group) is 1. The Kier molecular flexibility index (Phi) is 6.01. The van der Waals surface area contributed by atoms with E-state index >= 15 is 0 Å². The number of halogens is 2. The van der Waals surface area contributed by atoms with Crippen molar-refractivity contribution >= 4 is 17.2 Å². The molecule has 7 heteroatoms. The lowest BCUT2D eigenvalue weighted by molar-refractivity contribution is 0.0793. The third-order valence-corrected chi connectivity index (χ3v) is 5.73. The van der Waals surface area contributed by atoms with Crippen molar-refractivity contribution in [3.05, 3.63) is 57.8 Å². The van der Waals surface area contributed by atoms with Crippen molar-refractivity contribution in [2.75, 3.05) is 33.2 Å². The van der Waals surface area contributed by atoms with E-state index in [2.05, 4.69) is 22.2 Å². The van der Waals surface area contributed by atoms with Gasteiger partial charge in [0.05, 0.1) is 6.04 Å². The summed E-state index contributed by atoms with van der Waals surface area (Å²) in [6.07, 6.45) is 0. The first-order valence-electron chi connectivity index (χ1n) is 8.68. The van der Waals surface area contributed by atoms with Crippen LogP contribution in [0.15, 0.2) is 35.7 Å². The van der Waals surface area contributed by atoms with Crippen molar-refractivity contribution < 1.29 is 13.6 Å². The van der Waals surface area contributed by atoms with E-state index in [0.717, 1.165) is 43.2 Å². The van der Waals surface area contributed by atoms with Gasteiger partial charge in [-0.1, -0.05) is 12.1 Å². The molecule has 1 N–H and O–H groups in total. The monoisotopic (exact) mass is 379 g/mol. The Hall–Kier alpha value is -1.83. The normalized spacial score (nSPS) is 18.5. The van der Waals surface area contributed by atoms with Gasteiger partial charge in [-0.05, 0) is 37.6 Å². The van der Waals surface area contributed by atoms with Crippen molar-refractivity contribution in [1.82, 2.24) is 15.1 Å². The van der Waals surface area contributed by atoms with E-state index in [1.54, 1.807) is 11.3 Å². The zero-order chi connectivity index (χ0) is 18.7. The second-order valence-electron chi connectivity index (χ2n) is 6.66. The maximum absolute atomic E-state index is 13.9. The molecule has 2 aromatic rings. The fraction of sp³-hybridized carbons (Fsp3) is 0.421. The number of benzene rings is 1. The van der Waals surface area contributed by atoms with Crippen LogP contribution < -0.4 is 5.32 Å². The minimum absolute atomic E-state index is 0.0255. The molecule has 2 atom stereocenters. The predicted octanol–water partition coefficient (Wildman–Crippen LogP) is 3.13. The van der Waals surface area contributed by atoms with Gasteiger partial charge in [-0.25, -0.2) is 8.78 Å². The average Bonchev–Trinajstić information content (AvgIpc) is 3.10. The zero-order valence-electron chi connectivity index (χ0n) is 14.9. The number of nitrogens with one attached hydrogen (secondary N) is 1. The summed E-state index contributed by atoms with van der Waals surface area (Å²) in [5.74, 6) is -2.41. The number of nitrogens with zero attached hydrogens (tertiary/aromatic N) is 2. The summed E-state index contributed by atoms with van der Waals surface area (Å²) in [5, 5.41) is 4.81. The van der Waals surface area contributed by atoms with Gasteiger partial charge in [-0.15, -0.1) is 11.3 Å². The van der Waals surface area contributed by atoms with E-state index in [-0.39, 0.29) is 12.1 Å². The molecular weight excluding hydrogens is 356 g/mol. The number of amides is 1. The molecule has 0 saturated carbocycles. The third kappa shape index (κ3) is 4.11. The number of piperazine rings is 1. The Bertz CT molecular complexity index is 725. The van der Waals surface area contributed by atoms with Crippen LogP contribution in [0.5, 0.6) is 0 Å². The fourth-order valence-corrected chi connectivity index (χ4v) is 4.34. The second kappa shape index (κ2) is 8.24. The Morgan fingerprint density at radius 2 is 1.77 bits per heavy atom. The molecule has 26 heavy (non-hydrogen) atoms. The summed E-state index contributed by atoms with van der Waals surface area (Å²) in [6.45, 7) is 5.55. The molecule has 0 radical (unpaired) electrons. The van der Waals surface area contributed by atoms with Crippen LogP contribution in [-0.2, 0) is 0 Å². The quantitative estimate of drug-likeness (QED) is 0.867. The standard InChI is InChI=1S/C19H23F2N3OS/c1-13(22-19(25)17-14(20)5-3-6-15(17)21)18(16-7-4-12-26-16)24-10-8-23(2)9-11-24/h3-7,12-13,18H,8-11H2,1-2H3,(H,22,25)/t13-,18+/m1/s1.